The normalized spacial score (nSPS) is 17.3. The van der Waals surface area contributed by atoms with Crippen LogP contribution >= 0.6 is 0 Å². The number of aromatic nitrogens is 3. The van der Waals surface area contributed by atoms with Crippen LogP contribution in [0.15, 0.2) is 24.3 Å². The van der Waals surface area contributed by atoms with Gasteiger partial charge in [0, 0.05) is 12.5 Å². The third-order valence-electron chi connectivity index (χ3n) is 4.29. The van der Waals surface area contributed by atoms with E-state index in [9.17, 15) is 14.0 Å². The number of amides is 1. The molecular formula is C18H21FN4O4. The van der Waals surface area contributed by atoms with Crippen LogP contribution in [-0.4, -0.2) is 62.4 Å². The molecule has 1 atom stereocenters. The third kappa shape index (κ3) is 4.13. The second-order valence-electron chi connectivity index (χ2n) is 6.67. The van der Waals surface area contributed by atoms with Crippen molar-refractivity contribution in [3.63, 3.8) is 0 Å². The van der Waals surface area contributed by atoms with E-state index in [1.807, 2.05) is 13.8 Å². The molecule has 1 aromatic heterocycles. The molecule has 0 bridgehead atoms. The van der Waals surface area contributed by atoms with Crippen LogP contribution in [0.5, 0.6) is 0 Å². The molecule has 9 heteroatoms. The molecule has 3 rings (SSSR count). The summed E-state index contributed by atoms with van der Waals surface area (Å²) in [5.41, 5.74) is 0.467. The number of benzene rings is 1. The summed E-state index contributed by atoms with van der Waals surface area (Å²) in [5, 5.41) is 13.4. The summed E-state index contributed by atoms with van der Waals surface area (Å²) in [5.74, 6) is -1.46. The van der Waals surface area contributed by atoms with Crippen LogP contribution in [0.25, 0.3) is 5.69 Å². The molecule has 0 aliphatic carbocycles. The van der Waals surface area contributed by atoms with Crippen LogP contribution in [0, 0.1) is 5.82 Å². The highest BCUT2D eigenvalue weighted by molar-refractivity contribution is 5.91. The molecule has 0 spiro atoms. The largest absolute Gasteiger partial charge is 0.481 e. The number of carboxylic acids is 1. The van der Waals surface area contributed by atoms with Crippen molar-refractivity contribution in [3.8, 4) is 5.69 Å². The van der Waals surface area contributed by atoms with Crippen molar-refractivity contribution >= 4 is 11.9 Å². The Labute approximate surface area is 155 Å². The Kier molecular flexibility index (Phi) is 5.50. The van der Waals surface area contributed by atoms with Gasteiger partial charge >= 0.3 is 5.97 Å². The number of carbonyl (C=O) groups excluding carboxylic acids is 1. The summed E-state index contributed by atoms with van der Waals surface area (Å²) in [6.45, 7) is 4.54. The smallest absolute Gasteiger partial charge is 0.305 e. The van der Waals surface area contributed by atoms with E-state index >= 15 is 0 Å². The lowest BCUT2D eigenvalue weighted by atomic mass is 10.1. The first-order chi connectivity index (χ1) is 12.9. The van der Waals surface area contributed by atoms with Gasteiger partial charge in [0.1, 0.15) is 11.6 Å². The van der Waals surface area contributed by atoms with Crippen LogP contribution in [0.3, 0.4) is 0 Å². The van der Waals surface area contributed by atoms with Crippen LogP contribution in [0.2, 0.25) is 0 Å². The van der Waals surface area contributed by atoms with Gasteiger partial charge < -0.3 is 14.7 Å². The second kappa shape index (κ2) is 7.83. The molecule has 2 aromatic rings. The molecule has 0 saturated carbocycles. The van der Waals surface area contributed by atoms with Gasteiger partial charge in [-0.25, -0.2) is 14.1 Å². The van der Waals surface area contributed by atoms with Gasteiger partial charge in [-0.05, 0) is 18.2 Å². The first kappa shape index (κ1) is 19.0. The molecule has 1 amide bonds. The SMILES string of the molecule is CC(C)c1nc(C(=O)N2CCOCC2CC(=O)O)nn1-c1cccc(F)c1. The molecule has 1 aliphatic rings. The molecule has 27 heavy (non-hydrogen) atoms. The van der Waals surface area contributed by atoms with E-state index < -0.39 is 23.7 Å². The number of carboxylic acid groups (broad SMARTS) is 1. The minimum absolute atomic E-state index is 0.0414. The number of aliphatic carboxylic acids is 1. The van der Waals surface area contributed by atoms with Gasteiger partial charge in [0.25, 0.3) is 5.91 Å². The zero-order chi connectivity index (χ0) is 19.6. The summed E-state index contributed by atoms with van der Waals surface area (Å²) < 4.78 is 20.4. The molecule has 1 N–H and O–H groups in total. The molecule has 8 nitrogen and oxygen atoms in total. The van der Waals surface area contributed by atoms with Crippen LogP contribution in [0.4, 0.5) is 4.39 Å². The van der Waals surface area contributed by atoms with Crippen molar-refractivity contribution in [3.05, 3.63) is 41.7 Å². The number of hydrogen-bond acceptors (Lipinski definition) is 5. The zero-order valence-corrected chi connectivity index (χ0v) is 15.1. The van der Waals surface area contributed by atoms with Gasteiger partial charge in [0.2, 0.25) is 5.82 Å². The van der Waals surface area contributed by atoms with E-state index in [-0.39, 0.29) is 31.3 Å². The topological polar surface area (TPSA) is 97.6 Å². The maximum Gasteiger partial charge on any atom is 0.305 e. The standard InChI is InChI=1S/C18H21FN4O4/c1-11(2)17-20-16(21-23(17)13-5-3-4-12(19)8-13)18(26)22-6-7-27-10-14(22)9-15(24)25/h3-5,8,11,14H,6-7,9-10H2,1-2H3,(H,24,25). The maximum atomic E-state index is 13.6. The van der Waals surface area contributed by atoms with E-state index in [2.05, 4.69) is 10.1 Å². The number of hydrogen-bond donors (Lipinski definition) is 1. The zero-order valence-electron chi connectivity index (χ0n) is 15.1. The average Bonchev–Trinajstić information content (AvgIpc) is 3.07. The fraction of sp³-hybridized carbons (Fsp3) is 0.444. The van der Waals surface area contributed by atoms with Crippen LogP contribution in [0.1, 0.15) is 42.6 Å². The van der Waals surface area contributed by atoms with Gasteiger partial charge in [0.15, 0.2) is 0 Å². The van der Waals surface area contributed by atoms with Gasteiger partial charge in [-0.2, -0.15) is 0 Å². The maximum absolute atomic E-state index is 13.6. The van der Waals surface area contributed by atoms with Gasteiger partial charge in [-0.3, -0.25) is 9.59 Å². The number of rotatable bonds is 5. The van der Waals surface area contributed by atoms with E-state index in [1.165, 1.54) is 21.7 Å². The monoisotopic (exact) mass is 376 g/mol. The van der Waals surface area contributed by atoms with E-state index in [1.54, 1.807) is 12.1 Å². The summed E-state index contributed by atoms with van der Waals surface area (Å²) in [4.78, 5) is 29.8. The van der Waals surface area contributed by atoms with Crippen molar-refractivity contribution in [1.29, 1.82) is 0 Å². The highest BCUT2D eigenvalue weighted by Gasteiger charge is 2.32. The van der Waals surface area contributed by atoms with Crippen molar-refractivity contribution in [1.82, 2.24) is 19.7 Å². The predicted octanol–water partition coefficient (Wildman–Crippen LogP) is 1.85. The number of morpholine rings is 1. The Hall–Kier alpha value is -2.81. The average molecular weight is 376 g/mol. The number of halogens is 1. The first-order valence-electron chi connectivity index (χ1n) is 8.70. The van der Waals surface area contributed by atoms with Crippen LogP contribution < -0.4 is 0 Å². The highest BCUT2D eigenvalue weighted by Crippen LogP contribution is 2.20. The summed E-state index contributed by atoms with van der Waals surface area (Å²) in [7, 11) is 0. The van der Waals surface area contributed by atoms with Gasteiger partial charge in [-0.15, -0.1) is 5.10 Å². The molecule has 1 aromatic carbocycles. The Morgan fingerprint density at radius 3 is 2.85 bits per heavy atom. The van der Waals surface area contributed by atoms with Crippen molar-refractivity contribution in [2.75, 3.05) is 19.8 Å². The quantitative estimate of drug-likeness (QED) is 0.855. The first-order valence-corrected chi connectivity index (χ1v) is 8.70. The Balaban J connectivity index is 1.95. The molecule has 144 valence electrons. The van der Waals surface area contributed by atoms with Crippen molar-refractivity contribution < 1.29 is 23.8 Å². The van der Waals surface area contributed by atoms with E-state index in [4.69, 9.17) is 9.84 Å². The summed E-state index contributed by atoms with van der Waals surface area (Å²) >= 11 is 0. The molecular weight excluding hydrogens is 355 g/mol. The Bertz CT molecular complexity index is 852. The van der Waals surface area contributed by atoms with Gasteiger partial charge in [0.05, 0.1) is 31.4 Å². The fourth-order valence-corrected chi connectivity index (χ4v) is 3.01. The fourth-order valence-electron chi connectivity index (χ4n) is 3.01. The summed E-state index contributed by atoms with van der Waals surface area (Å²) in [6.07, 6.45) is -0.215. The molecule has 0 radical (unpaired) electrons. The summed E-state index contributed by atoms with van der Waals surface area (Å²) in [6, 6.07) is 5.30. The lowest BCUT2D eigenvalue weighted by molar-refractivity contribution is -0.139. The molecule has 1 fully saturated rings. The minimum atomic E-state index is -1.01. The number of carbonyl (C=O) groups is 2. The van der Waals surface area contributed by atoms with Crippen molar-refractivity contribution in [2.24, 2.45) is 0 Å². The Morgan fingerprint density at radius 2 is 2.19 bits per heavy atom. The van der Waals surface area contributed by atoms with Crippen molar-refractivity contribution in [2.45, 2.75) is 32.2 Å². The highest BCUT2D eigenvalue weighted by atomic mass is 19.1. The van der Waals surface area contributed by atoms with Gasteiger partial charge in [-0.1, -0.05) is 19.9 Å². The molecule has 2 heterocycles. The predicted molar refractivity (Wildman–Crippen MR) is 93.3 cm³/mol. The third-order valence-corrected chi connectivity index (χ3v) is 4.29. The lowest BCUT2D eigenvalue weighted by Gasteiger charge is -2.33. The van der Waals surface area contributed by atoms with E-state index in [0.29, 0.717) is 18.1 Å². The lowest BCUT2D eigenvalue weighted by Crippen LogP contribution is -2.49. The molecule has 1 saturated heterocycles. The van der Waals surface area contributed by atoms with Crippen LogP contribution in [-0.2, 0) is 9.53 Å². The van der Waals surface area contributed by atoms with E-state index in [0.717, 1.165) is 0 Å². The number of ether oxygens (including phenoxy) is 1. The second-order valence-corrected chi connectivity index (χ2v) is 6.67. The number of nitrogens with zero attached hydrogens (tertiary/aromatic N) is 4. The Morgan fingerprint density at radius 1 is 1.41 bits per heavy atom. The molecule has 1 aliphatic heterocycles. The molecule has 1 unspecified atom stereocenters. The minimum Gasteiger partial charge on any atom is -0.481 e.